The highest BCUT2D eigenvalue weighted by atomic mass is 16.4. The van der Waals surface area contributed by atoms with E-state index in [0.717, 1.165) is 0 Å². The maximum absolute atomic E-state index is 11.2. The molecule has 17 heavy (non-hydrogen) atoms. The van der Waals surface area contributed by atoms with Crippen molar-refractivity contribution in [3.05, 3.63) is 48.7 Å². The van der Waals surface area contributed by atoms with Crippen LogP contribution in [0.3, 0.4) is 0 Å². The lowest BCUT2D eigenvalue weighted by atomic mass is 10.1. The van der Waals surface area contributed by atoms with Crippen molar-refractivity contribution in [3.63, 3.8) is 0 Å². The van der Waals surface area contributed by atoms with Gasteiger partial charge in [-0.25, -0.2) is 9.78 Å². The molecule has 1 rings (SSSR count). The number of carboxylic acids is 1. The number of nitrogens with zero attached hydrogens (tertiary/aromatic N) is 2. The molecule has 1 aromatic rings. The van der Waals surface area contributed by atoms with Gasteiger partial charge in [0.15, 0.2) is 0 Å². The third-order valence-electron chi connectivity index (χ3n) is 2.35. The first-order valence-corrected chi connectivity index (χ1v) is 5.27. The fraction of sp³-hybridized carbons (Fsp3) is 0.231. The molecule has 0 spiro atoms. The summed E-state index contributed by atoms with van der Waals surface area (Å²) in [7, 11) is 0. The highest BCUT2D eigenvalue weighted by Crippen LogP contribution is 2.20. The summed E-state index contributed by atoms with van der Waals surface area (Å²) in [4.78, 5) is 17.2. The summed E-state index contributed by atoms with van der Waals surface area (Å²) in [6.07, 6.45) is 5.02. The van der Waals surface area contributed by atoms with Crippen molar-refractivity contribution in [2.24, 2.45) is 0 Å². The van der Waals surface area contributed by atoms with Crippen molar-refractivity contribution >= 4 is 11.8 Å². The van der Waals surface area contributed by atoms with Crippen LogP contribution in [0.15, 0.2) is 37.6 Å². The Morgan fingerprint density at radius 2 is 2.06 bits per heavy atom. The van der Waals surface area contributed by atoms with Gasteiger partial charge in [0.05, 0.1) is 0 Å². The molecule has 0 amide bonds. The van der Waals surface area contributed by atoms with Crippen LogP contribution >= 0.6 is 0 Å². The highest BCUT2D eigenvalue weighted by Gasteiger charge is 2.18. The number of carboxylic acid groups (broad SMARTS) is 1. The predicted octanol–water partition coefficient (Wildman–Crippen LogP) is 2.27. The van der Waals surface area contributed by atoms with Crippen molar-refractivity contribution in [3.8, 4) is 0 Å². The van der Waals surface area contributed by atoms with Crippen LogP contribution in [0.2, 0.25) is 0 Å². The van der Waals surface area contributed by atoms with Crippen molar-refractivity contribution in [2.45, 2.75) is 6.92 Å². The summed E-state index contributed by atoms with van der Waals surface area (Å²) in [6.45, 7) is 10.1. The number of hydrogen-bond donors (Lipinski definition) is 1. The minimum atomic E-state index is -0.969. The Labute approximate surface area is 101 Å². The van der Waals surface area contributed by atoms with Crippen LogP contribution in [0.1, 0.15) is 15.9 Å². The van der Waals surface area contributed by atoms with Gasteiger partial charge in [0.2, 0.25) is 0 Å². The standard InChI is InChI=1S/C13H16N2O2/c1-4-8-15(9-5-2)12-11(13(16)17)10(3)6-7-14-12/h4-7H,1-2,8-9H2,3H3,(H,16,17). The molecular formula is C13H16N2O2. The summed E-state index contributed by atoms with van der Waals surface area (Å²) >= 11 is 0. The van der Waals surface area contributed by atoms with Gasteiger partial charge in [0, 0.05) is 19.3 Å². The van der Waals surface area contributed by atoms with E-state index in [0.29, 0.717) is 24.5 Å². The Hall–Kier alpha value is -2.10. The summed E-state index contributed by atoms with van der Waals surface area (Å²) in [6, 6.07) is 1.69. The first-order valence-electron chi connectivity index (χ1n) is 5.27. The van der Waals surface area contributed by atoms with Crippen LogP contribution in [0.4, 0.5) is 5.82 Å². The molecule has 1 N–H and O–H groups in total. The van der Waals surface area contributed by atoms with Crippen LogP contribution in [0.5, 0.6) is 0 Å². The SMILES string of the molecule is C=CCN(CC=C)c1nccc(C)c1C(=O)O. The van der Waals surface area contributed by atoms with Crippen LogP contribution in [-0.4, -0.2) is 29.1 Å². The van der Waals surface area contributed by atoms with E-state index in [1.54, 1.807) is 31.3 Å². The molecule has 0 bridgehead atoms. The first kappa shape index (κ1) is 13.0. The van der Waals surface area contributed by atoms with Crippen LogP contribution in [0.25, 0.3) is 0 Å². The number of aromatic nitrogens is 1. The van der Waals surface area contributed by atoms with Gasteiger partial charge in [-0.2, -0.15) is 0 Å². The zero-order valence-corrected chi connectivity index (χ0v) is 9.89. The molecule has 0 atom stereocenters. The predicted molar refractivity (Wildman–Crippen MR) is 68.5 cm³/mol. The molecule has 0 saturated heterocycles. The van der Waals surface area contributed by atoms with Gasteiger partial charge in [-0.15, -0.1) is 13.2 Å². The molecular weight excluding hydrogens is 216 g/mol. The molecule has 1 heterocycles. The fourth-order valence-corrected chi connectivity index (χ4v) is 1.61. The van der Waals surface area contributed by atoms with Crippen LogP contribution < -0.4 is 4.90 Å². The number of anilines is 1. The molecule has 90 valence electrons. The molecule has 0 aromatic carbocycles. The smallest absolute Gasteiger partial charge is 0.339 e. The largest absolute Gasteiger partial charge is 0.478 e. The van der Waals surface area contributed by atoms with Gasteiger partial charge >= 0.3 is 5.97 Å². The molecule has 0 fully saturated rings. The van der Waals surface area contributed by atoms with Gasteiger partial charge in [0.1, 0.15) is 11.4 Å². The highest BCUT2D eigenvalue weighted by molar-refractivity contribution is 5.95. The maximum atomic E-state index is 11.2. The normalized spacial score (nSPS) is 9.71. The quantitative estimate of drug-likeness (QED) is 0.764. The lowest BCUT2D eigenvalue weighted by Gasteiger charge is -2.22. The van der Waals surface area contributed by atoms with E-state index in [9.17, 15) is 9.90 Å². The number of carbonyl (C=O) groups is 1. The molecule has 1 aromatic heterocycles. The Bertz CT molecular complexity index is 431. The molecule has 0 aliphatic carbocycles. The van der Waals surface area contributed by atoms with E-state index in [1.165, 1.54) is 0 Å². The third-order valence-corrected chi connectivity index (χ3v) is 2.35. The zero-order chi connectivity index (χ0) is 12.8. The van der Waals surface area contributed by atoms with Crippen molar-refractivity contribution in [1.29, 1.82) is 0 Å². The van der Waals surface area contributed by atoms with Gasteiger partial charge in [-0.3, -0.25) is 0 Å². The molecule has 0 aliphatic rings. The first-order chi connectivity index (χ1) is 8.11. The fourth-order valence-electron chi connectivity index (χ4n) is 1.61. The molecule has 0 aliphatic heterocycles. The number of aromatic carboxylic acids is 1. The van der Waals surface area contributed by atoms with E-state index in [4.69, 9.17) is 0 Å². The van der Waals surface area contributed by atoms with E-state index < -0.39 is 5.97 Å². The molecule has 0 unspecified atom stereocenters. The van der Waals surface area contributed by atoms with E-state index in [2.05, 4.69) is 18.1 Å². The Morgan fingerprint density at radius 1 is 1.47 bits per heavy atom. The Balaban J connectivity index is 3.26. The minimum absolute atomic E-state index is 0.233. The lowest BCUT2D eigenvalue weighted by Crippen LogP contribution is -2.26. The van der Waals surface area contributed by atoms with Crippen molar-refractivity contribution in [2.75, 3.05) is 18.0 Å². The van der Waals surface area contributed by atoms with Crippen LogP contribution in [0, 0.1) is 6.92 Å². The molecule has 0 radical (unpaired) electrons. The topological polar surface area (TPSA) is 53.4 Å². The monoisotopic (exact) mass is 232 g/mol. The van der Waals surface area contributed by atoms with E-state index in [1.807, 2.05) is 4.90 Å². The summed E-state index contributed by atoms with van der Waals surface area (Å²) in [5.41, 5.74) is 0.928. The number of aryl methyl sites for hydroxylation is 1. The molecule has 0 saturated carbocycles. The molecule has 4 heteroatoms. The van der Waals surface area contributed by atoms with Gasteiger partial charge in [-0.1, -0.05) is 12.2 Å². The van der Waals surface area contributed by atoms with E-state index in [-0.39, 0.29) is 5.56 Å². The van der Waals surface area contributed by atoms with Crippen LogP contribution in [-0.2, 0) is 0 Å². The number of hydrogen-bond acceptors (Lipinski definition) is 3. The Kier molecular flexibility index (Phi) is 4.46. The van der Waals surface area contributed by atoms with Gasteiger partial charge in [0.25, 0.3) is 0 Å². The Morgan fingerprint density at radius 3 is 2.53 bits per heavy atom. The molecule has 4 nitrogen and oxygen atoms in total. The summed E-state index contributed by atoms with van der Waals surface area (Å²) in [5.74, 6) is -0.513. The number of pyridine rings is 1. The van der Waals surface area contributed by atoms with Gasteiger partial charge in [-0.05, 0) is 18.6 Å². The third kappa shape index (κ3) is 2.93. The van der Waals surface area contributed by atoms with Crippen molar-refractivity contribution < 1.29 is 9.90 Å². The van der Waals surface area contributed by atoms with Gasteiger partial charge < -0.3 is 10.0 Å². The summed E-state index contributed by atoms with van der Waals surface area (Å²) in [5, 5.41) is 9.21. The maximum Gasteiger partial charge on any atom is 0.339 e. The van der Waals surface area contributed by atoms with Crippen molar-refractivity contribution in [1.82, 2.24) is 4.98 Å². The van der Waals surface area contributed by atoms with E-state index >= 15 is 0 Å². The average Bonchev–Trinajstić information content (AvgIpc) is 2.28. The second-order valence-electron chi connectivity index (χ2n) is 3.61. The number of rotatable bonds is 6. The zero-order valence-electron chi connectivity index (χ0n) is 9.89. The minimum Gasteiger partial charge on any atom is -0.478 e. The second kappa shape index (κ2) is 5.84. The second-order valence-corrected chi connectivity index (χ2v) is 3.61. The summed E-state index contributed by atoms with van der Waals surface area (Å²) < 4.78 is 0. The average molecular weight is 232 g/mol. The lowest BCUT2D eigenvalue weighted by molar-refractivity contribution is 0.0696.